The largest absolute Gasteiger partial charge is 0.342 e. The molecular weight excluding hydrogens is 286 g/mol. The second kappa shape index (κ2) is 4.80. The number of carbonyl (C=O) groups excluding carboxylic acids is 2. The predicted octanol–water partition coefficient (Wildman–Crippen LogP) is 1.53. The van der Waals surface area contributed by atoms with Crippen molar-refractivity contribution in [1.29, 1.82) is 0 Å². The fourth-order valence-electron chi connectivity index (χ4n) is 2.76. The van der Waals surface area contributed by atoms with Crippen LogP contribution >= 0.6 is 11.3 Å². The van der Waals surface area contributed by atoms with Crippen molar-refractivity contribution in [3.05, 3.63) is 29.3 Å². The minimum Gasteiger partial charge on any atom is -0.342 e. The summed E-state index contributed by atoms with van der Waals surface area (Å²) >= 11 is 1.58. The van der Waals surface area contributed by atoms with E-state index in [2.05, 4.69) is 10.3 Å². The van der Waals surface area contributed by atoms with Crippen molar-refractivity contribution >= 4 is 33.4 Å². The minimum absolute atomic E-state index is 0.0383. The number of nitrogens with zero attached hydrogens (tertiary/aromatic N) is 2. The van der Waals surface area contributed by atoms with E-state index in [1.807, 2.05) is 24.3 Å². The summed E-state index contributed by atoms with van der Waals surface area (Å²) in [6.07, 6.45) is 2.07. The van der Waals surface area contributed by atoms with Crippen LogP contribution in [0.15, 0.2) is 24.3 Å². The first-order chi connectivity index (χ1) is 10.2. The van der Waals surface area contributed by atoms with Gasteiger partial charge in [-0.1, -0.05) is 12.1 Å². The summed E-state index contributed by atoms with van der Waals surface area (Å²) in [5.74, 6) is 0.309. The van der Waals surface area contributed by atoms with Gasteiger partial charge in [0.05, 0.1) is 16.8 Å². The zero-order valence-electron chi connectivity index (χ0n) is 11.4. The molecule has 1 atom stereocenters. The number of nitrogens with one attached hydrogen (secondary N) is 1. The summed E-state index contributed by atoms with van der Waals surface area (Å²) in [6.45, 7) is 0.562. The Morgan fingerprint density at radius 1 is 1.29 bits per heavy atom. The van der Waals surface area contributed by atoms with Crippen molar-refractivity contribution in [2.75, 3.05) is 6.54 Å². The Hall–Kier alpha value is -1.95. The molecule has 0 radical (unpaired) electrons. The van der Waals surface area contributed by atoms with E-state index in [1.54, 1.807) is 16.2 Å². The lowest BCUT2D eigenvalue weighted by Crippen LogP contribution is -2.58. The highest BCUT2D eigenvalue weighted by molar-refractivity contribution is 7.18. The first-order valence-electron chi connectivity index (χ1n) is 7.13. The third-order valence-corrected chi connectivity index (χ3v) is 5.01. The van der Waals surface area contributed by atoms with E-state index in [-0.39, 0.29) is 24.4 Å². The SMILES string of the molecule is O=C1CN(Cc2nc3ccccc3s2)C(=O)C(C2CC2)N1. The molecule has 108 valence electrons. The van der Waals surface area contributed by atoms with Crippen LogP contribution in [-0.4, -0.2) is 34.3 Å². The Bertz CT molecular complexity index is 690. The smallest absolute Gasteiger partial charge is 0.246 e. The van der Waals surface area contributed by atoms with E-state index in [0.717, 1.165) is 28.1 Å². The molecule has 1 unspecified atom stereocenters. The van der Waals surface area contributed by atoms with Gasteiger partial charge in [0.25, 0.3) is 0 Å². The highest BCUT2D eigenvalue weighted by atomic mass is 32.1. The molecule has 2 fully saturated rings. The second-order valence-corrected chi connectivity index (χ2v) is 6.77. The molecule has 1 saturated heterocycles. The molecule has 1 aliphatic carbocycles. The Morgan fingerprint density at radius 2 is 2.10 bits per heavy atom. The maximum atomic E-state index is 12.5. The number of rotatable bonds is 3. The average Bonchev–Trinajstić information content (AvgIpc) is 3.22. The number of para-hydroxylation sites is 1. The van der Waals surface area contributed by atoms with Crippen LogP contribution in [0.3, 0.4) is 0 Å². The number of thiazole rings is 1. The Balaban J connectivity index is 1.57. The standard InChI is InChI=1S/C15H15N3O2S/c19-12-7-18(15(20)14(17-12)9-5-6-9)8-13-16-10-3-1-2-4-11(10)21-13/h1-4,9,14H,5-8H2,(H,17,19). The summed E-state index contributed by atoms with van der Waals surface area (Å²) < 4.78 is 1.11. The minimum atomic E-state index is -0.319. The summed E-state index contributed by atoms with van der Waals surface area (Å²) in [4.78, 5) is 30.4. The zero-order chi connectivity index (χ0) is 14.4. The van der Waals surface area contributed by atoms with Gasteiger partial charge in [-0.15, -0.1) is 11.3 Å². The monoisotopic (exact) mass is 301 g/mol. The molecule has 1 N–H and O–H groups in total. The van der Waals surface area contributed by atoms with Gasteiger partial charge in [-0.05, 0) is 30.9 Å². The lowest BCUT2D eigenvalue weighted by atomic mass is 10.1. The molecule has 21 heavy (non-hydrogen) atoms. The molecule has 2 heterocycles. The Kier molecular flexibility index (Phi) is 2.92. The van der Waals surface area contributed by atoms with Gasteiger partial charge in [0.1, 0.15) is 17.6 Å². The van der Waals surface area contributed by atoms with Gasteiger partial charge >= 0.3 is 0 Å². The summed E-state index contributed by atoms with van der Waals surface area (Å²) in [5, 5.41) is 3.71. The number of hydrogen-bond acceptors (Lipinski definition) is 4. The van der Waals surface area contributed by atoms with Gasteiger partial charge < -0.3 is 10.2 Å². The molecule has 0 bridgehead atoms. The molecule has 1 saturated carbocycles. The number of piperazine rings is 1. The summed E-state index contributed by atoms with van der Waals surface area (Å²) in [5.41, 5.74) is 0.949. The highest BCUT2D eigenvalue weighted by Gasteiger charge is 2.42. The second-order valence-electron chi connectivity index (χ2n) is 5.65. The van der Waals surface area contributed by atoms with Gasteiger partial charge in [-0.2, -0.15) is 0 Å². The molecule has 1 aromatic carbocycles. The third kappa shape index (κ3) is 2.40. The summed E-state index contributed by atoms with van der Waals surface area (Å²) in [7, 11) is 0. The number of benzene rings is 1. The number of amides is 2. The normalized spacial score (nSPS) is 22.7. The van der Waals surface area contributed by atoms with Crippen molar-refractivity contribution in [3.8, 4) is 0 Å². The first-order valence-corrected chi connectivity index (χ1v) is 7.95. The lowest BCUT2D eigenvalue weighted by Gasteiger charge is -2.32. The quantitative estimate of drug-likeness (QED) is 0.935. The van der Waals surface area contributed by atoms with E-state index >= 15 is 0 Å². The predicted molar refractivity (Wildman–Crippen MR) is 79.7 cm³/mol. The van der Waals surface area contributed by atoms with E-state index in [9.17, 15) is 9.59 Å². The van der Waals surface area contributed by atoms with Crippen molar-refractivity contribution < 1.29 is 9.59 Å². The fraction of sp³-hybridized carbons (Fsp3) is 0.400. The molecular formula is C15H15N3O2S. The third-order valence-electron chi connectivity index (χ3n) is 3.99. The molecule has 0 spiro atoms. The number of hydrogen-bond donors (Lipinski definition) is 1. The van der Waals surface area contributed by atoms with Crippen molar-refractivity contribution in [1.82, 2.24) is 15.2 Å². The molecule has 2 amide bonds. The molecule has 6 heteroatoms. The lowest BCUT2D eigenvalue weighted by molar-refractivity contribution is -0.145. The van der Waals surface area contributed by atoms with E-state index in [4.69, 9.17) is 0 Å². The van der Waals surface area contributed by atoms with Gasteiger partial charge in [0.2, 0.25) is 11.8 Å². The number of aromatic nitrogens is 1. The summed E-state index contributed by atoms with van der Waals surface area (Å²) in [6, 6.07) is 7.60. The highest BCUT2D eigenvalue weighted by Crippen LogP contribution is 2.34. The van der Waals surface area contributed by atoms with Crippen molar-refractivity contribution in [2.45, 2.75) is 25.4 Å². The number of fused-ring (bicyclic) bond motifs is 1. The maximum absolute atomic E-state index is 12.5. The van der Waals surface area contributed by atoms with Gasteiger partial charge in [-0.3, -0.25) is 9.59 Å². The molecule has 2 aromatic rings. The van der Waals surface area contributed by atoms with Crippen LogP contribution in [-0.2, 0) is 16.1 Å². The average molecular weight is 301 g/mol. The van der Waals surface area contributed by atoms with Crippen LogP contribution in [0.1, 0.15) is 17.8 Å². The zero-order valence-corrected chi connectivity index (χ0v) is 12.2. The van der Waals surface area contributed by atoms with Gasteiger partial charge in [0, 0.05) is 0 Å². The maximum Gasteiger partial charge on any atom is 0.246 e. The van der Waals surface area contributed by atoms with E-state index in [1.165, 1.54) is 0 Å². The van der Waals surface area contributed by atoms with Gasteiger partial charge in [0.15, 0.2) is 0 Å². The van der Waals surface area contributed by atoms with Crippen molar-refractivity contribution in [3.63, 3.8) is 0 Å². The van der Waals surface area contributed by atoms with Crippen LogP contribution in [0.25, 0.3) is 10.2 Å². The molecule has 2 aliphatic rings. The van der Waals surface area contributed by atoms with Crippen LogP contribution in [0.5, 0.6) is 0 Å². The van der Waals surface area contributed by atoms with Crippen LogP contribution in [0.2, 0.25) is 0 Å². The Labute approximate surface area is 126 Å². The van der Waals surface area contributed by atoms with Crippen LogP contribution in [0, 0.1) is 5.92 Å². The fourth-order valence-corrected chi connectivity index (χ4v) is 3.75. The van der Waals surface area contributed by atoms with E-state index < -0.39 is 0 Å². The molecule has 4 rings (SSSR count). The van der Waals surface area contributed by atoms with Crippen LogP contribution in [0.4, 0.5) is 0 Å². The molecule has 1 aromatic heterocycles. The number of carbonyl (C=O) groups is 2. The molecule has 1 aliphatic heterocycles. The first kappa shape index (κ1) is 12.8. The van der Waals surface area contributed by atoms with Gasteiger partial charge in [-0.25, -0.2) is 4.98 Å². The topological polar surface area (TPSA) is 62.3 Å². The molecule has 5 nitrogen and oxygen atoms in total. The van der Waals surface area contributed by atoms with Crippen molar-refractivity contribution in [2.24, 2.45) is 5.92 Å². The Morgan fingerprint density at radius 3 is 2.86 bits per heavy atom. The van der Waals surface area contributed by atoms with Crippen LogP contribution < -0.4 is 5.32 Å². The van der Waals surface area contributed by atoms with E-state index in [0.29, 0.717) is 12.5 Å².